The highest BCUT2D eigenvalue weighted by molar-refractivity contribution is 6.45. The maximum absolute atomic E-state index is 11.3. The Balaban J connectivity index is 2.27. The molecule has 120 valence electrons. The Bertz CT molecular complexity index is 689. The summed E-state index contributed by atoms with van der Waals surface area (Å²) < 4.78 is 5.24. The highest BCUT2D eigenvalue weighted by Crippen LogP contribution is 2.31. The van der Waals surface area contributed by atoms with Crippen LogP contribution in [0.25, 0.3) is 0 Å². The van der Waals surface area contributed by atoms with E-state index in [0.29, 0.717) is 37.7 Å². The summed E-state index contributed by atoms with van der Waals surface area (Å²) in [7, 11) is 0. The van der Waals surface area contributed by atoms with Crippen LogP contribution >= 0.6 is 0 Å². The van der Waals surface area contributed by atoms with Gasteiger partial charge in [0, 0.05) is 19.2 Å². The van der Waals surface area contributed by atoms with Crippen molar-refractivity contribution in [3.05, 3.63) is 28.3 Å². The van der Waals surface area contributed by atoms with E-state index in [-0.39, 0.29) is 11.4 Å². The number of amidine groups is 1. The highest BCUT2D eigenvalue weighted by atomic mass is 16.6. The van der Waals surface area contributed by atoms with Crippen molar-refractivity contribution in [2.75, 3.05) is 36.6 Å². The van der Waals surface area contributed by atoms with Crippen molar-refractivity contribution in [1.29, 1.82) is 10.7 Å². The van der Waals surface area contributed by atoms with Gasteiger partial charge in [0.15, 0.2) is 5.84 Å². The van der Waals surface area contributed by atoms with Crippen LogP contribution in [0.4, 0.5) is 17.1 Å². The molecule has 10 nitrogen and oxygen atoms in total. The molecule has 1 aliphatic rings. The number of benzene rings is 1. The predicted molar refractivity (Wildman–Crippen MR) is 84.7 cm³/mol. The molecular formula is C13H15N7O3. The lowest BCUT2D eigenvalue weighted by atomic mass is 10.2. The van der Waals surface area contributed by atoms with E-state index in [0.717, 1.165) is 0 Å². The first-order chi connectivity index (χ1) is 11.0. The summed E-state index contributed by atoms with van der Waals surface area (Å²) >= 11 is 0. The molecule has 10 heteroatoms. The second kappa shape index (κ2) is 7.19. The molecule has 23 heavy (non-hydrogen) atoms. The smallest absolute Gasteiger partial charge is 0.294 e. The Labute approximate surface area is 131 Å². The van der Waals surface area contributed by atoms with Crippen molar-refractivity contribution in [1.82, 2.24) is 0 Å². The van der Waals surface area contributed by atoms with Gasteiger partial charge in [0.2, 0.25) is 5.71 Å². The van der Waals surface area contributed by atoms with Crippen molar-refractivity contribution in [2.24, 2.45) is 10.8 Å². The summed E-state index contributed by atoms with van der Waals surface area (Å²) in [4.78, 5) is 12.7. The molecule has 1 aromatic carbocycles. The number of hydrazone groups is 1. The van der Waals surface area contributed by atoms with Crippen molar-refractivity contribution in [3.8, 4) is 6.07 Å². The fourth-order valence-electron chi connectivity index (χ4n) is 2.08. The molecule has 1 saturated heterocycles. The Morgan fingerprint density at radius 3 is 2.78 bits per heavy atom. The molecule has 0 bridgehead atoms. The normalized spacial score (nSPS) is 14.9. The van der Waals surface area contributed by atoms with Crippen molar-refractivity contribution < 1.29 is 9.66 Å². The van der Waals surface area contributed by atoms with E-state index >= 15 is 0 Å². The molecular weight excluding hydrogens is 302 g/mol. The number of hydrogen-bond donors (Lipinski definition) is 3. The van der Waals surface area contributed by atoms with Crippen LogP contribution in [0.5, 0.6) is 0 Å². The molecule has 0 unspecified atom stereocenters. The van der Waals surface area contributed by atoms with Crippen LogP contribution in [0, 0.1) is 26.9 Å². The standard InChI is InChI=1S/C13H15N7O3/c14-8-10(13(15)16)18-17-9-1-2-11(12(7-9)20(21)22)19-3-5-23-6-4-19/h1-2,7,17H,3-6H2,(H3,15,16)/b18-10+. The van der Waals surface area contributed by atoms with Gasteiger partial charge in [-0.25, -0.2) is 0 Å². The summed E-state index contributed by atoms with van der Waals surface area (Å²) in [5, 5.41) is 30.9. The van der Waals surface area contributed by atoms with Crippen LogP contribution in [-0.2, 0) is 4.74 Å². The largest absolute Gasteiger partial charge is 0.382 e. The van der Waals surface area contributed by atoms with E-state index in [1.807, 2.05) is 4.90 Å². The molecule has 2 rings (SSSR count). The lowest BCUT2D eigenvalue weighted by molar-refractivity contribution is -0.384. The maximum atomic E-state index is 11.3. The van der Waals surface area contributed by atoms with Gasteiger partial charge in [-0.1, -0.05) is 0 Å². The number of rotatable bonds is 5. The van der Waals surface area contributed by atoms with Crippen LogP contribution in [0.1, 0.15) is 0 Å². The number of nitrogens with one attached hydrogen (secondary N) is 2. The van der Waals surface area contributed by atoms with E-state index in [9.17, 15) is 10.1 Å². The average Bonchev–Trinajstić information content (AvgIpc) is 2.55. The lowest BCUT2D eigenvalue weighted by Crippen LogP contribution is -2.36. The summed E-state index contributed by atoms with van der Waals surface area (Å²) in [6.07, 6.45) is 0. The van der Waals surface area contributed by atoms with Gasteiger partial charge < -0.3 is 15.4 Å². The number of nitrogens with two attached hydrogens (primary N) is 1. The van der Waals surface area contributed by atoms with Crippen molar-refractivity contribution >= 4 is 28.6 Å². The van der Waals surface area contributed by atoms with E-state index in [1.165, 1.54) is 6.07 Å². The van der Waals surface area contributed by atoms with E-state index in [2.05, 4.69) is 10.5 Å². The second-order valence-corrected chi connectivity index (χ2v) is 4.66. The fraction of sp³-hybridized carbons (Fsp3) is 0.308. The van der Waals surface area contributed by atoms with E-state index < -0.39 is 10.8 Å². The first kappa shape index (κ1) is 16.2. The highest BCUT2D eigenvalue weighted by Gasteiger charge is 2.21. The molecule has 0 aromatic heterocycles. The second-order valence-electron chi connectivity index (χ2n) is 4.66. The summed E-state index contributed by atoms with van der Waals surface area (Å²) in [5.74, 6) is -0.487. The van der Waals surface area contributed by atoms with Crippen LogP contribution in [0.15, 0.2) is 23.3 Å². The molecule has 1 aromatic rings. The molecule has 0 atom stereocenters. The zero-order valence-corrected chi connectivity index (χ0v) is 12.2. The first-order valence-corrected chi connectivity index (χ1v) is 6.72. The molecule has 1 heterocycles. The maximum Gasteiger partial charge on any atom is 0.294 e. The van der Waals surface area contributed by atoms with Crippen molar-refractivity contribution in [3.63, 3.8) is 0 Å². The quantitative estimate of drug-likeness (QED) is 0.312. The molecule has 4 N–H and O–H groups in total. The van der Waals surface area contributed by atoms with Gasteiger partial charge in [0.1, 0.15) is 11.8 Å². The van der Waals surface area contributed by atoms with E-state index in [4.69, 9.17) is 21.1 Å². The molecule has 1 aliphatic heterocycles. The Kier molecular flexibility index (Phi) is 5.06. The van der Waals surface area contributed by atoms with Crippen LogP contribution < -0.4 is 16.1 Å². The number of ether oxygens (including phenoxy) is 1. The zero-order chi connectivity index (χ0) is 16.8. The molecule has 1 fully saturated rings. The predicted octanol–water partition coefficient (Wildman–Crippen LogP) is 0.659. The van der Waals surface area contributed by atoms with E-state index in [1.54, 1.807) is 18.2 Å². The Hall–Kier alpha value is -3.19. The SMILES string of the molecule is N#C/C(=N\Nc1ccc(N2CCOCC2)c([N+](=O)[O-])c1)C(=N)N. The van der Waals surface area contributed by atoms with Gasteiger partial charge in [-0.3, -0.25) is 20.9 Å². The summed E-state index contributed by atoms with van der Waals surface area (Å²) in [5.41, 5.74) is 8.12. The minimum absolute atomic E-state index is 0.0755. The zero-order valence-electron chi connectivity index (χ0n) is 12.2. The molecule has 0 radical (unpaired) electrons. The minimum atomic E-state index is -0.487. The fourth-order valence-corrected chi connectivity index (χ4v) is 2.08. The number of nitro groups is 1. The molecule has 0 amide bonds. The topological polar surface area (TPSA) is 154 Å². The Morgan fingerprint density at radius 2 is 2.22 bits per heavy atom. The third-order valence-electron chi connectivity index (χ3n) is 3.18. The van der Waals surface area contributed by atoms with Gasteiger partial charge >= 0.3 is 0 Å². The number of anilines is 2. The molecule has 0 saturated carbocycles. The van der Waals surface area contributed by atoms with Gasteiger partial charge in [0.25, 0.3) is 5.69 Å². The minimum Gasteiger partial charge on any atom is -0.382 e. The number of hydrogen-bond acceptors (Lipinski definition) is 8. The van der Waals surface area contributed by atoms with Crippen LogP contribution in [-0.4, -0.2) is 42.8 Å². The third kappa shape index (κ3) is 3.92. The summed E-state index contributed by atoms with van der Waals surface area (Å²) in [6.45, 7) is 2.19. The molecule has 0 spiro atoms. The lowest BCUT2D eigenvalue weighted by Gasteiger charge is -2.28. The number of nitrogens with zero attached hydrogens (tertiary/aromatic N) is 4. The average molecular weight is 317 g/mol. The van der Waals surface area contributed by atoms with Crippen LogP contribution in [0.2, 0.25) is 0 Å². The number of nitro benzene ring substituents is 1. The van der Waals surface area contributed by atoms with Crippen molar-refractivity contribution in [2.45, 2.75) is 0 Å². The first-order valence-electron chi connectivity index (χ1n) is 6.72. The Morgan fingerprint density at radius 1 is 1.52 bits per heavy atom. The van der Waals surface area contributed by atoms with Gasteiger partial charge in [0.05, 0.1) is 23.8 Å². The number of nitriles is 1. The molecule has 0 aliphatic carbocycles. The third-order valence-corrected chi connectivity index (χ3v) is 3.18. The van der Waals surface area contributed by atoms with Gasteiger partial charge in [-0.05, 0) is 12.1 Å². The number of morpholine rings is 1. The van der Waals surface area contributed by atoms with Crippen LogP contribution in [0.3, 0.4) is 0 Å². The van der Waals surface area contributed by atoms with Gasteiger partial charge in [-0.2, -0.15) is 10.4 Å². The van der Waals surface area contributed by atoms with Gasteiger partial charge in [-0.15, -0.1) is 0 Å². The summed E-state index contributed by atoms with van der Waals surface area (Å²) in [6, 6.07) is 6.20. The monoisotopic (exact) mass is 317 g/mol.